The number of aromatic nitrogens is 1. The van der Waals surface area contributed by atoms with Crippen molar-refractivity contribution in [1.82, 2.24) is 9.71 Å². The summed E-state index contributed by atoms with van der Waals surface area (Å²) in [4.78, 5) is 3.49. The highest BCUT2D eigenvalue weighted by Gasteiger charge is 2.21. The number of pyridine rings is 1. The third-order valence-electron chi connectivity index (χ3n) is 2.63. The summed E-state index contributed by atoms with van der Waals surface area (Å²) in [6, 6.07) is 10.9. The average molecular weight is 296 g/mol. The first-order valence-electron chi connectivity index (χ1n) is 5.84. The molecule has 7 heteroatoms. The van der Waals surface area contributed by atoms with Gasteiger partial charge in [0, 0.05) is 12.7 Å². The van der Waals surface area contributed by atoms with Gasteiger partial charge >= 0.3 is 0 Å². The zero-order valence-corrected chi connectivity index (χ0v) is 11.2. The summed E-state index contributed by atoms with van der Waals surface area (Å²) in [5, 5.41) is 9.18. The lowest BCUT2D eigenvalue weighted by atomic mass is 10.1. The molecule has 0 aliphatic heterocycles. The molecule has 0 radical (unpaired) electrons. The van der Waals surface area contributed by atoms with Gasteiger partial charge in [0.1, 0.15) is 0 Å². The second-order valence-corrected chi connectivity index (χ2v) is 5.75. The first-order valence-corrected chi connectivity index (χ1v) is 7.32. The Balaban J connectivity index is 2.09. The predicted molar refractivity (Wildman–Crippen MR) is 70.8 cm³/mol. The van der Waals surface area contributed by atoms with Crippen LogP contribution in [0.1, 0.15) is 11.7 Å². The van der Waals surface area contributed by atoms with Crippen LogP contribution >= 0.6 is 0 Å². The van der Waals surface area contributed by atoms with Gasteiger partial charge in [-0.05, 0) is 17.7 Å². The van der Waals surface area contributed by atoms with Crippen LogP contribution in [0.3, 0.4) is 0 Å². The molecular weight excluding hydrogens is 283 g/mol. The van der Waals surface area contributed by atoms with Gasteiger partial charge in [-0.1, -0.05) is 30.3 Å². The number of hydrogen-bond donors (Lipinski definition) is 2. The molecule has 2 N–H and O–H groups in total. The van der Waals surface area contributed by atoms with E-state index in [0.717, 1.165) is 6.07 Å². The van der Waals surface area contributed by atoms with E-state index in [-0.39, 0.29) is 6.54 Å². The normalized spacial score (nSPS) is 13.1. The Hall–Kier alpha value is -1.83. The lowest BCUT2D eigenvalue weighted by Gasteiger charge is -2.12. The van der Waals surface area contributed by atoms with Crippen LogP contribution in [0.4, 0.5) is 4.39 Å². The first-order chi connectivity index (χ1) is 9.50. The predicted octanol–water partition coefficient (Wildman–Crippen LogP) is 1.23. The highest BCUT2D eigenvalue weighted by atomic mass is 32.2. The van der Waals surface area contributed by atoms with Crippen molar-refractivity contribution < 1.29 is 17.9 Å². The summed E-state index contributed by atoms with van der Waals surface area (Å²) >= 11 is 0. The SMILES string of the molecule is O=S(=O)(NCC(O)c1ccccc1)c1ncccc1F. The van der Waals surface area contributed by atoms with Crippen molar-refractivity contribution in [3.63, 3.8) is 0 Å². The number of rotatable bonds is 5. The van der Waals surface area contributed by atoms with Gasteiger partial charge in [-0.15, -0.1) is 0 Å². The van der Waals surface area contributed by atoms with Crippen LogP contribution in [0.5, 0.6) is 0 Å². The summed E-state index contributed by atoms with van der Waals surface area (Å²) in [7, 11) is -4.09. The lowest BCUT2D eigenvalue weighted by molar-refractivity contribution is 0.182. The number of sulfonamides is 1. The molecule has 0 aliphatic carbocycles. The van der Waals surface area contributed by atoms with E-state index in [1.807, 2.05) is 0 Å². The number of nitrogens with one attached hydrogen (secondary N) is 1. The lowest BCUT2D eigenvalue weighted by Crippen LogP contribution is -2.29. The first kappa shape index (κ1) is 14.6. The highest BCUT2D eigenvalue weighted by molar-refractivity contribution is 7.89. The molecular formula is C13H13FN2O3S. The van der Waals surface area contributed by atoms with Crippen molar-refractivity contribution >= 4 is 10.0 Å². The number of hydrogen-bond acceptors (Lipinski definition) is 4. The molecule has 0 saturated carbocycles. The minimum Gasteiger partial charge on any atom is -0.387 e. The average Bonchev–Trinajstić information content (AvgIpc) is 2.46. The van der Waals surface area contributed by atoms with E-state index in [1.54, 1.807) is 30.3 Å². The number of aliphatic hydroxyl groups is 1. The molecule has 106 valence electrons. The van der Waals surface area contributed by atoms with Crippen LogP contribution in [0.25, 0.3) is 0 Å². The number of halogens is 1. The molecule has 1 heterocycles. The van der Waals surface area contributed by atoms with Crippen LogP contribution in [-0.2, 0) is 10.0 Å². The van der Waals surface area contributed by atoms with Crippen molar-refractivity contribution in [2.45, 2.75) is 11.1 Å². The Kier molecular flexibility index (Phi) is 4.43. The molecule has 0 aliphatic rings. The minimum atomic E-state index is -4.09. The molecule has 1 aromatic heterocycles. The Morgan fingerprint density at radius 3 is 2.55 bits per heavy atom. The Labute approximate surface area is 116 Å². The summed E-state index contributed by atoms with van der Waals surface area (Å²) < 4.78 is 39.3. The Morgan fingerprint density at radius 1 is 1.20 bits per heavy atom. The fraction of sp³-hybridized carbons (Fsp3) is 0.154. The maximum atomic E-state index is 13.4. The molecule has 1 unspecified atom stereocenters. The van der Waals surface area contributed by atoms with Crippen LogP contribution in [0, 0.1) is 5.82 Å². The van der Waals surface area contributed by atoms with Gasteiger partial charge in [0.15, 0.2) is 5.82 Å². The molecule has 0 amide bonds. The molecule has 0 saturated heterocycles. The number of aliphatic hydroxyl groups excluding tert-OH is 1. The van der Waals surface area contributed by atoms with Gasteiger partial charge in [0.25, 0.3) is 10.0 Å². The highest BCUT2D eigenvalue weighted by Crippen LogP contribution is 2.13. The fourth-order valence-electron chi connectivity index (χ4n) is 1.62. The van der Waals surface area contributed by atoms with E-state index >= 15 is 0 Å². The van der Waals surface area contributed by atoms with Gasteiger partial charge in [0.05, 0.1) is 6.10 Å². The second kappa shape index (κ2) is 6.08. The molecule has 1 atom stereocenters. The van der Waals surface area contributed by atoms with Gasteiger partial charge in [-0.25, -0.2) is 22.5 Å². The van der Waals surface area contributed by atoms with Crippen LogP contribution < -0.4 is 4.72 Å². The Bertz CT molecular complexity index is 677. The molecule has 0 spiro atoms. The fourth-order valence-corrected chi connectivity index (χ4v) is 2.66. The molecule has 5 nitrogen and oxygen atoms in total. The molecule has 2 aromatic rings. The van der Waals surface area contributed by atoms with Crippen molar-refractivity contribution in [2.24, 2.45) is 0 Å². The number of benzene rings is 1. The molecule has 1 aromatic carbocycles. The standard InChI is InChI=1S/C13H13FN2O3S/c14-11-7-4-8-15-13(11)20(18,19)16-9-12(17)10-5-2-1-3-6-10/h1-8,12,16-17H,9H2. The van der Waals surface area contributed by atoms with Gasteiger partial charge in [-0.3, -0.25) is 0 Å². The van der Waals surface area contributed by atoms with Crippen LogP contribution in [-0.4, -0.2) is 25.1 Å². The minimum absolute atomic E-state index is 0.262. The van der Waals surface area contributed by atoms with E-state index in [0.29, 0.717) is 5.56 Å². The monoisotopic (exact) mass is 296 g/mol. The smallest absolute Gasteiger partial charge is 0.261 e. The van der Waals surface area contributed by atoms with Crippen molar-refractivity contribution in [3.8, 4) is 0 Å². The maximum Gasteiger partial charge on any atom is 0.261 e. The molecule has 0 bridgehead atoms. The summed E-state index contributed by atoms with van der Waals surface area (Å²) in [5.74, 6) is -0.936. The third kappa shape index (κ3) is 3.38. The quantitative estimate of drug-likeness (QED) is 0.870. The van der Waals surface area contributed by atoms with Crippen LogP contribution in [0.2, 0.25) is 0 Å². The molecule has 0 fully saturated rings. The van der Waals surface area contributed by atoms with E-state index in [1.165, 1.54) is 12.3 Å². The van der Waals surface area contributed by atoms with Crippen LogP contribution in [0.15, 0.2) is 53.7 Å². The molecule has 2 rings (SSSR count). The Morgan fingerprint density at radius 2 is 1.90 bits per heavy atom. The summed E-state index contributed by atoms with van der Waals surface area (Å²) in [6.45, 7) is -0.262. The van der Waals surface area contributed by atoms with E-state index in [9.17, 15) is 17.9 Å². The number of nitrogens with zero attached hydrogens (tertiary/aromatic N) is 1. The van der Waals surface area contributed by atoms with Crippen molar-refractivity contribution in [3.05, 3.63) is 60.0 Å². The topological polar surface area (TPSA) is 79.3 Å². The summed E-state index contributed by atoms with van der Waals surface area (Å²) in [6.07, 6.45) is 0.170. The van der Waals surface area contributed by atoms with Gasteiger partial charge in [0.2, 0.25) is 5.03 Å². The van der Waals surface area contributed by atoms with E-state index < -0.39 is 27.0 Å². The largest absolute Gasteiger partial charge is 0.387 e. The second-order valence-electron chi connectivity index (χ2n) is 4.07. The third-order valence-corrected chi connectivity index (χ3v) is 3.99. The maximum absolute atomic E-state index is 13.4. The van der Waals surface area contributed by atoms with E-state index in [4.69, 9.17) is 0 Å². The van der Waals surface area contributed by atoms with E-state index in [2.05, 4.69) is 9.71 Å². The molecule has 20 heavy (non-hydrogen) atoms. The zero-order valence-electron chi connectivity index (χ0n) is 10.4. The zero-order chi connectivity index (χ0) is 14.6. The van der Waals surface area contributed by atoms with Crippen molar-refractivity contribution in [2.75, 3.05) is 6.54 Å². The van der Waals surface area contributed by atoms with Gasteiger partial charge < -0.3 is 5.11 Å². The summed E-state index contributed by atoms with van der Waals surface area (Å²) in [5.41, 5.74) is 0.566. The van der Waals surface area contributed by atoms with Gasteiger partial charge in [-0.2, -0.15) is 0 Å². The van der Waals surface area contributed by atoms with Crippen molar-refractivity contribution in [1.29, 1.82) is 0 Å².